The van der Waals surface area contributed by atoms with E-state index in [1.165, 1.54) is 4.90 Å². The molecule has 0 radical (unpaired) electrons. The van der Waals surface area contributed by atoms with Crippen molar-refractivity contribution in [3.8, 4) is 0 Å². The Morgan fingerprint density at radius 3 is 2.43 bits per heavy atom. The quantitative estimate of drug-likeness (QED) is 0.673. The maximum atomic E-state index is 12.1. The molecule has 1 heterocycles. The van der Waals surface area contributed by atoms with Crippen molar-refractivity contribution in [3.63, 3.8) is 0 Å². The van der Waals surface area contributed by atoms with Crippen molar-refractivity contribution in [3.05, 3.63) is 30.1 Å². The van der Waals surface area contributed by atoms with Crippen molar-refractivity contribution in [2.75, 3.05) is 40.5 Å². The second-order valence-electron chi connectivity index (χ2n) is 4.32. The molecule has 0 saturated heterocycles. The minimum Gasteiger partial charge on any atom is -0.383 e. The van der Waals surface area contributed by atoms with E-state index in [2.05, 4.69) is 10.3 Å². The molecule has 0 saturated carbocycles. The number of nitrogens with one attached hydrogen (secondary N) is 1. The molecule has 7 heteroatoms. The molecule has 2 amide bonds. The van der Waals surface area contributed by atoms with E-state index in [9.17, 15) is 9.59 Å². The highest BCUT2D eigenvalue weighted by molar-refractivity contribution is 6.34. The van der Waals surface area contributed by atoms with Crippen LogP contribution in [0.1, 0.15) is 5.56 Å². The third kappa shape index (κ3) is 6.33. The van der Waals surface area contributed by atoms with E-state index in [4.69, 9.17) is 9.47 Å². The van der Waals surface area contributed by atoms with Crippen molar-refractivity contribution >= 4 is 11.8 Å². The summed E-state index contributed by atoms with van der Waals surface area (Å²) in [6.07, 6.45) is 3.28. The second kappa shape index (κ2) is 9.84. The highest BCUT2D eigenvalue weighted by atomic mass is 16.5. The molecule has 0 aliphatic carbocycles. The smallest absolute Gasteiger partial charge is 0.312 e. The number of nitrogens with zero attached hydrogens (tertiary/aromatic N) is 2. The molecule has 1 aromatic heterocycles. The van der Waals surface area contributed by atoms with Gasteiger partial charge in [-0.15, -0.1) is 0 Å². The minimum absolute atomic E-state index is 0.265. The van der Waals surface area contributed by atoms with Crippen LogP contribution < -0.4 is 5.32 Å². The highest BCUT2D eigenvalue weighted by Gasteiger charge is 2.21. The van der Waals surface area contributed by atoms with Crippen LogP contribution in [0.25, 0.3) is 0 Å². The Labute approximate surface area is 124 Å². The zero-order valence-electron chi connectivity index (χ0n) is 12.4. The predicted molar refractivity (Wildman–Crippen MR) is 76.4 cm³/mol. The Morgan fingerprint density at radius 2 is 1.90 bits per heavy atom. The average molecular weight is 295 g/mol. The molecule has 0 aliphatic rings. The van der Waals surface area contributed by atoms with Crippen LogP contribution in [-0.2, 0) is 25.6 Å². The number of ether oxygens (including phenoxy) is 2. The zero-order chi connectivity index (χ0) is 15.5. The third-order valence-electron chi connectivity index (χ3n) is 2.79. The van der Waals surface area contributed by atoms with Crippen LogP contribution in [0, 0.1) is 0 Å². The van der Waals surface area contributed by atoms with E-state index in [1.54, 1.807) is 32.7 Å². The lowest BCUT2D eigenvalue weighted by atomic mass is 10.3. The first-order valence-corrected chi connectivity index (χ1v) is 6.63. The lowest BCUT2D eigenvalue weighted by Crippen LogP contribution is -2.45. The zero-order valence-corrected chi connectivity index (χ0v) is 12.4. The molecule has 0 fully saturated rings. The average Bonchev–Trinajstić information content (AvgIpc) is 2.53. The summed E-state index contributed by atoms with van der Waals surface area (Å²) in [6, 6.07) is 3.60. The molecule has 0 aromatic carbocycles. The Kier molecular flexibility index (Phi) is 8.00. The van der Waals surface area contributed by atoms with Crippen LogP contribution in [0.5, 0.6) is 0 Å². The number of methoxy groups -OCH3 is 2. The number of pyridine rings is 1. The van der Waals surface area contributed by atoms with E-state index in [0.717, 1.165) is 5.56 Å². The molecule has 0 unspecified atom stereocenters. The van der Waals surface area contributed by atoms with Gasteiger partial charge < -0.3 is 19.7 Å². The van der Waals surface area contributed by atoms with Gasteiger partial charge >= 0.3 is 11.8 Å². The minimum atomic E-state index is -0.647. The number of amides is 2. The molecule has 1 N–H and O–H groups in total. The molecular formula is C14H21N3O4. The van der Waals surface area contributed by atoms with E-state index in [1.807, 2.05) is 6.07 Å². The summed E-state index contributed by atoms with van der Waals surface area (Å²) in [4.78, 5) is 29.3. The second-order valence-corrected chi connectivity index (χ2v) is 4.32. The van der Waals surface area contributed by atoms with E-state index in [0.29, 0.717) is 26.3 Å². The molecule has 7 nitrogen and oxygen atoms in total. The van der Waals surface area contributed by atoms with Crippen molar-refractivity contribution < 1.29 is 19.1 Å². The fourth-order valence-electron chi connectivity index (χ4n) is 1.62. The van der Waals surface area contributed by atoms with Crippen molar-refractivity contribution in [2.24, 2.45) is 0 Å². The van der Waals surface area contributed by atoms with Crippen molar-refractivity contribution in [2.45, 2.75) is 6.54 Å². The van der Waals surface area contributed by atoms with Crippen molar-refractivity contribution in [1.82, 2.24) is 15.2 Å². The van der Waals surface area contributed by atoms with E-state index in [-0.39, 0.29) is 6.54 Å². The lowest BCUT2D eigenvalue weighted by molar-refractivity contribution is -0.146. The third-order valence-corrected chi connectivity index (χ3v) is 2.79. The summed E-state index contributed by atoms with van der Waals surface area (Å²) in [5.41, 5.74) is 0.832. The van der Waals surface area contributed by atoms with Crippen LogP contribution >= 0.6 is 0 Å². The largest absolute Gasteiger partial charge is 0.383 e. The predicted octanol–water partition coefficient (Wildman–Crippen LogP) is -0.181. The van der Waals surface area contributed by atoms with Gasteiger partial charge in [0.15, 0.2) is 0 Å². The fraction of sp³-hybridized carbons (Fsp3) is 0.500. The molecule has 1 aromatic rings. The number of rotatable bonds is 8. The molecule has 0 atom stereocenters. The van der Waals surface area contributed by atoms with Gasteiger partial charge in [0, 0.05) is 46.2 Å². The number of hydrogen-bond donors (Lipinski definition) is 1. The van der Waals surface area contributed by atoms with Gasteiger partial charge in [-0.3, -0.25) is 14.6 Å². The van der Waals surface area contributed by atoms with Crippen LogP contribution in [0.4, 0.5) is 0 Å². The van der Waals surface area contributed by atoms with Crippen LogP contribution in [0.15, 0.2) is 24.5 Å². The number of carbonyl (C=O) groups is 2. The first kappa shape index (κ1) is 17.1. The lowest BCUT2D eigenvalue weighted by Gasteiger charge is -2.21. The molecule has 0 bridgehead atoms. The van der Waals surface area contributed by atoms with Gasteiger partial charge in [0.05, 0.1) is 13.2 Å². The van der Waals surface area contributed by atoms with Gasteiger partial charge in [-0.25, -0.2) is 0 Å². The maximum absolute atomic E-state index is 12.1. The molecule has 21 heavy (non-hydrogen) atoms. The van der Waals surface area contributed by atoms with Crippen LogP contribution in [0.2, 0.25) is 0 Å². The van der Waals surface area contributed by atoms with Crippen molar-refractivity contribution in [1.29, 1.82) is 0 Å². The Morgan fingerprint density at radius 1 is 1.24 bits per heavy atom. The topological polar surface area (TPSA) is 80.8 Å². The summed E-state index contributed by atoms with van der Waals surface area (Å²) in [5.74, 6) is -1.24. The summed E-state index contributed by atoms with van der Waals surface area (Å²) in [5, 5.41) is 2.58. The van der Waals surface area contributed by atoms with E-state index >= 15 is 0 Å². The van der Waals surface area contributed by atoms with E-state index < -0.39 is 11.8 Å². The fourth-order valence-corrected chi connectivity index (χ4v) is 1.62. The Hall–Kier alpha value is -1.99. The maximum Gasteiger partial charge on any atom is 0.312 e. The summed E-state index contributed by atoms with van der Waals surface area (Å²) in [7, 11) is 3.09. The Balaban J connectivity index is 2.50. The first-order chi connectivity index (χ1) is 10.2. The molecule has 0 aliphatic heterocycles. The SMILES string of the molecule is COCCN(CCOC)C(=O)C(=O)NCc1cccnc1. The van der Waals surface area contributed by atoms with Gasteiger partial charge in [-0.2, -0.15) is 0 Å². The molecule has 116 valence electrons. The first-order valence-electron chi connectivity index (χ1n) is 6.63. The van der Waals surface area contributed by atoms with Gasteiger partial charge in [-0.1, -0.05) is 6.07 Å². The van der Waals surface area contributed by atoms with Crippen LogP contribution in [-0.4, -0.2) is 62.2 Å². The summed E-state index contributed by atoms with van der Waals surface area (Å²) < 4.78 is 9.87. The highest BCUT2D eigenvalue weighted by Crippen LogP contribution is 1.96. The normalized spacial score (nSPS) is 10.2. The number of aromatic nitrogens is 1. The Bertz CT molecular complexity index is 431. The monoisotopic (exact) mass is 295 g/mol. The van der Waals surface area contributed by atoms with Gasteiger partial charge in [0.25, 0.3) is 0 Å². The number of carbonyl (C=O) groups excluding carboxylic acids is 2. The number of hydrogen-bond acceptors (Lipinski definition) is 5. The molecule has 0 spiro atoms. The van der Waals surface area contributed by atoms with Gasteiger partial charge in [0.2, 0.25) is 0 Å². The summed E-state index contributed by atoms with van der Waals surface area (Å²) >= 11 is 0. The summed E-state index contributed by atoms with van der Waals surface area (Å²) in [6.45, 7) is 1.69. The van der Waals surface area contributed by atoms with Gasteiger partial charge in [-0.05, 0) is 11.6 Å². The molecular weight excluding hydrogens is 274 g/mol. The molecule has 1 rings (SSSR count). The van der Waals surface area contributed by atoms with Crippen LogP contribution in [0.3, 0.4) is 0 Å². The van der Waals surface area contributed by atoms with Gasteiger partial charge in [0.1, 0.15) is 0 Å². The standard InChI is InChI=1S/C14H21N3O4/c1-20-8-6-17(7-9-21-2)14(19)13(18)16-11-12-4-3-5-15-10-12/h3-5,10H,6-9,11H2,1-2H3,(H,16,18).